The van der Waals surface area contributed by atoms with E-state index in [1.807, 2.05) is 0 Å². The van der Waals surface area contributed by atoms with Crippen molar-refractivity contribution in [2.45, 2.75) is 49.7 Å². The number of fused-ring (bicyclic) bond motifs is 1. The SMILES string of the molecule is CCC1(c2ccc3c(c2)OCCO3)NC(=O)N(CCCCOc2c(C=Cc3ccccc3)cc(C(O)(C(F)(F)F)C(F)(F)F)cc2C=Cc2ccccc2)C1=O. The molecule has 2 heterocycles. The summed E-state index contributed by atoms with van der Waals surface area (Å²) in [5.74, 6) is 0.494. The van der Waals surface area contributed by atoms with E-state index in [9.17, 15) is 41.0 Å². The maximum atomic E-state index is 14.2. The van der Waals surface area contributed by atoms with Gasteiger partial charge in [0.2, 0.25) is 0 Å². The van der Waals surface area contributed by atoms with E-state index in [0.29, 0.717) is 53.5 Å². The Labute approximate surface area is 319 Å². The summed E-state index contributed by atoms with van der Waals surface area (Å²) in [4.78, 5) is 28.0. The molecule has 1 unspecified atom stereocenters. The van der Waals surface area contributed by atoms with Gasteiger partial charge in [-0.3, -0.25) is 9.69 Å². The molecular formula is C42H38F6N2O6. The third-order valence-electron chi connectivity index (χ3n) is 9.66. The first-order chi connectivity index (χ1) is 26.7. The lowest BCUT2D eigenvalue weighted by Gasteiger charge is -2.33. The van der Waals surface area contributed by atoms with E-state index >= 15 is 0 Å². The molecule has 1 fully saturated rings. The standard InChI is InChI=1S/C42H38F6N2O6/c1-2-39(32-19-20-34-35(27-32)55-24-23-54-34)37(51)50(38(52)49-39)21-9-10-22-56-36-30(17-15-28-11-5-3-6-12-28)25-33(40(53,41(43,44)45)42(46,47)48)26-31(36)18-16-29-13-7-4-8-14-29/h3-8,11-20,25-27,53H,2,9-10,21-24H2,1H3,(H,49,52). The van der Waals surface area contributed by atoms with E-state index in [4.69, 9.17) is 14.2 Å². The summed E-state index contributed by atoms with van der Waals surface area (Å²) < 4.78 is 102. The van der Waals surface area contributed by atoms with Crippen LogP contribution in [-0.4, -0.2) is 60.7 Å². The van der Waals surface area contributed by atoms with Gasteiger partial charge in [-0.25, -0.2) is 4.79 Å². The highest BCUT2D eigenvalue weighted by Crippen LogP contribution is 2.51. The predicted molar refractivity (Wildman–Crippen MR) is 198 cm³/mol. The van der Waals surface area contributed by atoms with Gasteiger partial charge in [-0.05, 0) is 60.2 Å². The van der Waals surface area contributed by atoms with Gasteiger partial charge in [-0.2, -0.15) is 26.3 Å². The van der Waals surface area contributed by atoms with E-state index in [1.54, 1.807) is 85.8 Å². The van der Waals surface area contributed by atoms with Crippen molar-refractivity contribution in [3.05, 3.63) is 124 Å². The number of nitrogens with one attached hydrogen (secondary N) is 1. The Hall–Kier alpha value is -5.76. The highest BCUT2D eigenvalue weighted by atomic mass is 19.4. The first-order valence-electron chi connectivity index (χ1n) is 17.9. The fourth-order valence-electron chi connectivity index (χ4n) is 6.61. The molecule has 3 amide bonds. The largest absolute Gasteiger partial charge is 0.492 e. The fourth-order valence-corrected chi connectivity index (χ4v) is 6.61. The quantitative estimate of drug-likeness (QED) is 0.0609. The lowest BCUT2D eigenvalue weighted by molar-refractivity contribution is -0.376. The Balaban J connectivity index is 1.27. The number of rotatable bonds is 13. The Morgan fingerprint density at radius 3 is 1.86 bits per heavy atom. The van der Waals surface area contributed by atoms with Crippen molar-refractivity contribution in [2.24, 2.45) is 0 Å². The van der Waals surface area contributed by atoms with Gasteiger partial charge >= 0.3 is 18.4 Å². The zero-order chi connectivity index (χ0) is 40.1. The number of alkyl halides is 6. The number of hydrogen-bond donors (Lipinski definition) is 2. The Bertz CT molecular complexity index is 2020. The highest BCUT2D eigenvalue weighted by Gasteiger charge is 2.71. The molecular weight excluding hydrogens is 742 g/mol. The molecule has 1 saturated heterocycles. The summed E-state index contributed by atoms with van der Waals surface area (Å²) in [6.45, 7) is 2.42. The van der Waals surface area contributed by atoms with Crippen LogP contribution in [0.25, 0.3) is 24.3 Å². The topological polar surface area (TPSA) is 97.3 Å². The third kappa shape index (κ3) is 7.97. The molecule has 2 aliphatic heterocycles. The average Bonchev–Trinajstić information content (AvgIpc) is 3.44. The summed E-state index contributed by atoms with van der Waals surface area (Å²) >= 11 is 0. The minimum Gasteiger partial charge on any atom is -0.492 e. The third-order valence-corrected chi connectivity index (χ3v) is 9.66. The van der Waals surface area contributed by atoms with E-state index < -0.39 is 41.0 Å². The van der Waals surface area contributed by atoms with Crippen LogP contribution in [-0.2, 0) is 15.9 Å². The maximum Gasteiger partial charge on any atom is 0.430 e. The first kappa shape index (κ1) is 39.9. The number of amides is 3. The molecule has 4 aromatic carbocycles. The van der Waals surface area contributed by atoms with Gasteiger partial charge in [-0.15, -0.1) is 0 Å². The fraction of sp³-hybridized carbons (Fsp3) is 0.286. The van der Waals surface area contributed by atoms with Gasteiger partial charge in [0.15, 0.2) is 11.5 Å². The van der Waals surface area contributed by atoms with Crippen molar-refractivity contribution in [1.82, 2.24) is 10.2 Å². The normalized spacial score (nSPS) is 17.5. The van der Waals surface area contributed by atoms with Crippen molar-refractivity contribution >= 4 is 36.2 Å². The van der Waals surface area contributed by atoms with Gasteiger partial charge in [0.25, 0.3) is 11.5 Å². The molecule has 2 N–H and O–H groups in total. The molecule has 4 aromatic rings. The number of imide groups is 1. The molecule has 2 aliphatic rings. The van der Waals surface area contributed by atoms with Crippen molar-refractivity contribution in [1.29, 1.82) is 0 Å². The van der Waals surface area contributed by atoms with Crippen LogP contribution in [0.5, 0.6) is 17.2 Å². The number of aliphatic hydroxyl groups is 1. The monoisotopic (exact) mass is 780 g/mol. The van der Waals surface area contributed by atoms with Crippen LogP contribution in [0.2, 0.25) is 0 Å². The summed E-state index contributed by atoms with van der Waals surface area (Å²) in [7, 11) is 0. The summed E-state index contributed by atoms with van der Waals surface area (Å²) in [6, 6.07) is 22.8. The van der Waals surface area contributed by atoms with E-state index in [-0.39, 0.29) is 49.3 Å². The number of carbonyl (C=O) groups is 2. The lowest BCUT2D eigenvalue weighted by Crippen LogP contribution is -2.54. The molecule has 0 spiro atoms. The Morgan fingerprint density at radius 1 is 0.768 bits per heavy atom. The summed E-state index contributed by atoms with van der Waals surface area (Å²) in [5.41, 5.74) is -6.56. The number of unbranched alkanes of at least 4 members (excludes halogenated alkanes) is 1. The van der Waals surface area contributed by atoms with Crippen LogP contribution in [0.3, 0.4) is 0 Å². The zero-order valence-corrected chi connectivity index (χ0v) is 30.1. The highest BCUT2D eigenvalue weighted by molar-refractivity contribution is 6.07. The van der Waals surface area contributed by atoms with Gasteiger partial charge in [0.1, 0.15) is 24.5 Å². The molecule has 0 aliphatic carbocycles. The van der Waals surface area contributed by atoms with Crippen LogP contribution in [0.15, 0.2) is 91.0 Å². The molecule has 0 radical (unpaired) electrons. The number of carbonyl (C=O) groups excluding carboxylic acids is 2. The zero-order valence-electron chi connectivity index (χ0n) is 30.1. The molecule has 0 saturated carbocycles. The number of urea groups is 1. The second-order valence-electron chi connectivity index (χ2n) is 13.2. The number of halogens is 6. The predicted octanol–water partition coefficient (Wildman–Crippen LogP) is 9.13. The molecule has 1 atom stereocenters. The Kier molecular flexibility index (Phi) is 11.5. The molecule has 56 heavy (non-hydrogen) atoms. The number of ether oxygens (including phenoxy) is 3. The smallest absolute Gasteiger partial charge is 0.430 e. The second-order valence-corrected chi connectivity index (χ2v) is 13.2. The van der Waals surface area contributed by atoms with Crippen molar-refractivity contribution in [2.75, 3.05) is 26.4 Å². The molecule has 0 aromatic heterocycles. The van der Waals surface area contributed by atoms with Gasteiger partial charge < -0.3 is 24.6 Å². The van der Waals surface area contributed by atoms with Crippen LogP contribution >= 0.6 is 0 Å². The van der Waals surface area contributed by atoms with Crippen molar-refractivity contribution in [3.63, 3.8) is 0 Å². The molecule has 6 rings (SSSR count). The van der Waals surface area contributed by atoms with Crippen LogP contribution < -0.4 is 19.5 Å². The second kappa shape index (κ2) is 16.1. The first-order valence-corrected chi connectivity index (χ1v) is 17.9. The molecule has 0 bridgehead atoms. The number of nitrogens with zero attached hydrogens (tertiary/aromatic N) is 1. The van der Waals surface area contributed by atoms with Crippen LogP contribution in [0.4, 0.5) is 31.1 Å². The van der Waals surface area contributed by atoms with E-state index in [2.05, 4.69) is 5.32 Å². The van der Waals surface area contributed by atoms with Gasteiger partial charge in [-0.1, -0.05) is 98.0 Å². The lowest BCUT2D eigenvalue weighted by atomic mass is 9.87. The maximum absolute atomic E-state index is 14.2. The van der Waals surface area contributed by atoms with Crippen molar-refractivity contribution in [3.8, 4) is 17.2 Å². The van der Waals surface area contributed by atoms with E-state index in [1.165, 1.54) is 24.3 Å². The summed E-state index contributed by atoms with van der Waals surface area (Å²) in [6.07, 6.45) is -5.87. The Morgan fingerprint density at radius 2 is 1.32 bits per heavy atom. The minimum atomic E-state index is -6.12. The van der Waals surface area contributed by atoms with Crippen LogP contribution in [0, 0.1) is 0 Å². The number of benzene rings is 4. The molecule has 14 heteroatoms. The van der Waals surface area contributed by atoms with Gasteiger partial charge in [0, 0.05) is 23.2 Å². The summed E-state index contributed by atoms with van der Waals surface area (Å²) in [5, 5.41) is 13.3. The molecule has 8 nitrogen and oxygen atoms in total. The number of hydrogen-bond acceptors (Lipinski definition) is 6. The van der Waals surface area contributed by atoms with E-state index in [0.717, 1.165) is 4.90 Å². The van der Waals surface area contributed by atoms with Gasteiger partial charge in [0.05, 0.1) is 6.61 Å². The minimum absolute atomic E-state index is 0.00496. The molecule has 294 valence electrons. The van der Waals surface area contributed by atoms with Crippen molar-refractivity contribution < 1.29 is 55.2 Å². The van der Waals surface area contributed by atoms with Crippen LogP contribution in [0.1, 0.15) is 59.6 Å². The average molecular weight is 781 g/mol.